The van der Waals surface area contributed by atoms with Crippen LogP contribution >= 0.6 is 25.0 Å². The van der Waals surface area contributed by atoms with Crippen molar-refractivity contribution in [3.05, 3.63) is 53.9 Å². The van der Waals surface area contributed by atoms with E-state index in [1.54, 1.807) is 7.11 Å². The number of nitrogens with zero attached hydrogens (tertiary/aromatic N) is 1. The fraction of sp³-hybridized carbons (Fsp3) is 0.263. The molecule has 0 amide bonds. The van der Waals surface area contributed by atoms with Gasteiger partial charge in [-0.25, -0.2) is 4.98 Å². The molecule has 27 heavy (non-hydrogen) atoms. The lowest BCUT2D eigenvalue weighted by Gasteiger charge is -2.13. The van der Waals surface area contributed by atoms with E-state index < -0.39 is 11.2 Å². The summed E-state index contributed by atoms with van der Waals surface area (Å²) in [6.45, 7) is 1.91. The van der Waals surface area contributed by atoms with Crippen LogP contribution in [0.3, 0.4) is 0 Å². The van der Waals surface area contributed by atoms with E-state index in [2.05, 4.69) is 22.6 Å². The SMILES string of the molecule is COc1ccc2nc(C(C)Oc3ccc(CC(S)C(=O)O)cc3)[nH]c2c1.Cl. The summed E-state index contributed by atoms with van der Waals surface area (Å²) in [5, 5.41) is 8.20. The average Bonchev–Trinajstić information content (AvgIpc) is 3.06. The molecule has 8 heteroatoms. The topological polar surface area (TPSA) is 84.4 Å². The van der Waals surface area contributed by atoms with Crippen molar-refractivity contribution in [1.29, 1.82) is 0 Å². The predicted octanol–water partition coefficient (Wildman–Crippen LogP) is 4.06. The second-order valence-electron chi connectivity index (χ2n) is 5.97. The van der Waals surface area contributed by atoms with Gasteiger partial charge in [0.05, 0.1) is 18.1 Å². The number of H-pyrrole nitrogens is 1. The number of carboxylic acid groups (broad SMARTS) is 1. The Bertz CT molecular complexity index is 914. The van der Waals surface area contributed by atoms with E-state index in [9.17, 15) is 4.79 Å². The number of nitrogens with one attached hydrogen (secondary N) is 1. The van der Waals surface area contributed by atoms with Gasteiger partial charge in [-0.1, -0.05) is 12.1 Å². The van der Waals surface area contributed by atoms with Crippen molar-refractivity contribution in [1.82, 2.24) is 9.97 Å². The van der Waals surface area contributed by atoms with E-state index in [0.717, 1.165) is 28.2 Å². The van der Waals surface area contributed by atoms with Gasteiger partial charge < -0.3 is 19.6 Å². The molecule has 3 aromatic rings. The van der Waals surface area contributed by atoms with Gasteiger partial charge in [0.2, 0.25) is 0 Å². The lowest BCUT2D eigenvalue weighted by atomic mass is 10.1. The molecular weight excluding hydrogens is 388 g/mol. The first-order valence-electron chi connectivity index (χ1n) is 8.16. The maximum absolute atomic E-state index is 10.9. The molecule has 0 aliphatic carbocycles. The van der Waals surface area contributed by atoms with E-state index in [4.69, 9.17) is 14.6 Å². The van der Waals surface area contributed by atoms with Gasteiger partial charge in [-0.05, 0) is 43.2 Å². The van der Waals surface area contributed by atoms with Crippen LogP contribution in [0.1, 0.15) is 24.4 Å². The Hall–Kier alpha value is -2.38. The van der Waals surface area contributed by atoms with Crippen LogP contribution in [0.15, 0.2) is 42.5 Å². The highest BCUT2D eigenvalue weighted by atomic mass is 35.5. The minimum atomic E-state index is -0.927. The van der Waals surface area contributed by atoms with Gasteiger partial charge in [0.15, 0.2) is 6.10 Å². The van der Waals surface area contributed by atoms with Crippen molar-refractivity contribution in [2.75, 3.05) is 7.11 Å². The Morgan fingerprint density at radius 2 is 1.89 bits per heavy atom. The van der Waals surface area contributed by atoms with Gasteiger partial charge >= 0.3 is 5.97 Å². The second kappa shape index (κ2) is 9.01. The molecule has 2 unspecified atom stereocenters. The molecule has 144 valence electrons. The summed E-state index contributed by atoms with van der Waals surface area (Å²) >= 11 is 4.05. The fourth-order valence-electron chi connectivity index (χ4n) is 2.60. The third-order valence-corrected chi connectivity index (χ3v) is 4.45. The van der Waals surface area contributed by atoms with Crippen LogP contribution in [0.5, 0.6) is 11.5 Å². The molecule has 0 spiro atoms. The summed E-state index contributed by atoms with van der Waals surface area (Å²) in [6, 6.07) is 13.0. The fourth-order valence-corrected chi connectivity index (χ4v) is 2.81. The number of carboxylic acids is 1. The highest BCUT2D eigenvalue weighted by Crippen LogP contribution is 2.25. The number of ether oxygens (including phenoxy) is 2. The van der Waals surface area contributed by atoms with Gasteiger partial charge in [0.25, 0.3) is 0 Å². The quantitative estimate of drug-likeness (QED) is 0.513. The zero-order chi connectivity index (χ0) is 18.7. The third kappa shape index (κ3) is 5.08. The van der Waals surface area contributed by atoms with Crippen LogP contribution in [0, 0.1) is 0 Å². The molecule has 0 saturated carbocycles. The molecule has 0 saturated heterocycles. The molecule has 3 rings (SSSR count). The molecule has 2 atom stereocenters. The minimum Gasteiger partial charge on any atom is -0.497 e. The van der Waals surface area contributed by atoms with E-state index in [-0.39, 0.29) is 18.5 Å². The van der Waals surface area contributed by atoms with Crippen molar-refractivity contribution in [2.45, 2.75) is 24.7 Å². The lowest BCUT2D eigenvalue weighted by Crippen LogP contribution is -2.16. The standard InChI is InChI=1S/C19H20N2O4S.ClH/c1-11(18-20-15-8-7-14(24-2)10-16(15)21-18)25-13-5-3-12(4-6-13)9-17(26)19(22)23;/h3-8,10-11,17,26H,9H2,1-2H3,(H,20,21)(H,22,23);1H. The number of methoxy groups -OCH3 is 1. The normalized spacial score (nSPS) is 12.9. The van der Waals surface area contributed by atoms with E-state index >= 15 is 0 Å². The number of hydrogen-bond donors (Lipinski definition) is 3. The Balaban J connectivity index is 0.00000261. The molecule has 0 aliphatic heterocycles. The Labute approximate surface area is 168 Å². The van der Waals surface area contributed by atoms with E-state index in [1.165, 1.54) is 0 Å². The van der Waals surface area contributed by atoms with Crippen LogP contribution in [-0.4, -0.2) is 33.4 Å². The third-order valence-electron chi connectivity index (χ3n) is 4.04. The number of aromatic amines is 1. The molecular formula is C19H21ClN2O4S. The van der Waals surface area contributed by atoms with Gasteiger partial charge in [-0.3, -0.25) is 4.79 Å². The van der Waals surface area contributed by atoms with Crippen LogP contribution in [0.25, 0.3) is 11.0 Å². The molecule has 0 aliphatic rings. The maximum atomic E-state index is 10.9. The van der Waals surface area contributed by atoms with Crippen molar-refractivity contribution in [3.63, 3.8) is 0 Å². The molecule has 2 N–H and O–H groups in total. The lowest BCUT2D eigenvalue weighted by molar-refractivity contribution is -0.136. The first kappa shape index (κ1) is 20.9. The number of thiol groups is 1. The first-order chi connectivity index (χ1) is 12.5. The summed E-state index contributed by atoms with van der Waals surface area (Å²) in [7, 11) is 1.63. The summed E-state index contributed by atoms with van der Waals surface area (Å²) in [5.41, 5.74) is 2.63. The Morgan fingerprint density at radius 3 is 2.52 bits per heavy atom. The summed E-state index contributed by atoms with van der Waals surface area (Å²) < 4.78 is 11.2. The number of benzene rings is 2. The largest absolute Gasteiger partial charge is 0.497 e. The number of aliphatic carboxylic acids is 1. The van der Waals surface area contributed by atoms with Crippen LogP contribution in [0.2, 0.25) is 0 Å². The second-order valence-corrected chi connectivity index (χ2v) is 6.59. The molecule has 0 radical (unpaired) electrons. The molecule has 1 heterocycles. The molecule has 2 aromatic carbocycles. The monoisotopic (exact) mass is 408 g/mol. The first-order valence-corrected chi connectivity index (χ1v) is 8.68. The van der Waals surface area contributed by atoms with Gasteiger partial charge in [-0.2, -0.15) is 12.6 Å². The number of fused-ring (bicyclic) bond motifs is 1. The zero-order valence-corrected chi connectivity index (χ0v) is 16.6. The molecule has 6 nitrogen and oxygen atoms in total. The average molecular weight is 409 g/mol. The zero-order valence-electron chi connectivity index (χ0n) is 14.9. The summed E-state index contributed by atoms with van der Waals surface area (Å²) in [5.74, 6) is 1.24. The van der Waals surface area contributed by atoms with Crippen molar-refractivity contribution < 1.29 is 19.4 Å². The number of rotatable bonds is 7. The van der Waals surface area contributed by atoms with Crippen molar-refractivity contribution >= 4 is 42.0 Å². The number of halogens is 1. The van der Waals surface area contributed by atoms with Crippen LogP contribution in [-0.2, 0) is 11.2 Å². The number of hydrogen-bond acceptors (Lipinski definition) is 5. The van der Waals surface area contributed by atoms with E-state index in [0.29, 0.717) is 12.2 Å². The molecule has 0 bridgehead atoms. The van der Waals surface area contributed by atoms with Gasteiger partial charge in [0.1, 0.15) is 22.6 Å². The molecule has 1 aromatic heterocycles. The minimum absolute atomic E-state index is 0. The van der Waals surface area contributed by atoms with Crippen LogP contribution in [0.4, 0.5) is 0 Å². The Morgan fingerprint density at radius 1 is 1.22 bits per heavy atom. The summed E-state index contributed by atoms with van der Waals surface area (Å²) in [6.07, 6.45) is 0.0931. The smallest absolute Gasteiger partial charge is 0.316 e. The number of carbonyl (C=O) groups is 1. The highest BCUT2D eigenvalue weighted by Gasteiger charge is 2.15. The molecule has 0 fully saturated rings. The Kier molecular flexibility index (Phi) is 6.98. The van der Waals surface area contributed by atoms with Crippen molar-refractivity contribution in [2.24, 2.45) is 0 Å². The van der Waals surface area contributed by atoms with Crippen LogP contribution < -0.4 is 9.47 Å². The summed E-state index contributed by atoms with van der Waals surface area (Å²) in [4.78, 5) is 18.7. The maximum Gasteiger partial charge on any atom is 0.316 e. The number of imidazole rings is 1. The van der Waals surface area contributed by atoms with Gasteiger partial charge in [-0.15, -0.1) is 12.4 Å². The predicted molar refractivity (Wildman–Crippen MR) is 109 cm³/mol. The van der Waals surface area contributed by atoms with E-state index in [1.807, 2.05) is 49.4 Å². The van der Waals surface area contributed by atoms with Gasteiger partial charge in [0, 0.05) is 6.07 Å². The highest BCUT2D eigenvalue weighted by molar-refractivity contribution is 7.81. The number of aromatic nitrogens is 2. The van der Waals surface area contributed by atoms with Crippen molar-refractivity contribution in [3.8, 4) is 11.5 Å².